The maximum Gasteiger partial charge on any atom is 0.306 e. The van der Waals surface area contributed by atoms with E-state index in [0.29, 0.717) is 12.8 Å². The molecule has 0 aromatic rings. The van der Waals surface area contributed by atoms with Crippen molar-refractivity contribution in [2.75, 3.05) is 41.0 Å². The van der Waals surface area contributed by atoms with Crippen LogP contribution >= 0.6 is 0 Å². The lowest BCUT2D eigenvalue weighted by molar-refractivity contribution is -0.889. The highest BCUT2D eigenvalue weighted by Gasteiger charge is 2.25. The van der Waals surface area contributed by atoms with E-state index < -0.39 is 18.1 Å². The number of carboxylic acid groups (broad SMARTS) is 1. The smallest absolute Gasteiger partial charge is 0.306 e. The Bertz CT molecular complexity index is 1400. The lowest BCUT2D eigenvalue weighted by Crippen LogP contribution is -2.55. The Morgan fingerprint density at radius 1 is 0.455 bits per heavy atom. The zero-order valence-electron chi connectivity index (χ0n) is 42.8. The Morgan fingerprint density at radius 2 is 0.803 bits per heavy atom. The number of unbranched alkanes of at least 4 members (excludes halogenated alkanes) is 16. The number of ether oxygens (including phenoxy) is 3. The predicted octanol–water partition coefficient (Wildman–Crippen LogP) is 14.1. The van der Waals surface area contributed by atoms with Crippen molar-refractivity contribution in [3.8, 4) is 0 Å². The van der Waals surface area contributed by atoms with Crippen molar-refractivity contribution >= 4 is 17.9 Å². The van der Waals surface area contributed by atoms with E-state index in [9.17, 15) is 19.5 Å². The van der Waals surface area contributed by atoms with Crippen LogP contribution < -0.4 is 5.11 Å². The number of allylic oxidation sites excluding steroid dienone is 16. The lowest BCUT2D eigenvalue weighted by atomic mass is 10.1. The molecule has 0 heterocycles. The van der Waals surface area contributed by atoms with Gasteiger partial charge in [-0.1, -0.05) is 188 Å². The Hall–Kier alpha value is -3.75. The summed E-state index contributed by atoms with van der Waals surface area (Å²) in [6.07, 6.45) is 64.3. The van der Waals surface area contributed by atoms with Gasteiger partial charge in [0.15, 0.2) is 6.10 Å². The van der Waals surface area contributed by atoms with Crippen molar-refractivity contribution in [3.05, 3.63) is 97.2 Å². The fourth-order valence-electron chi connectivity index (χ4n) is 7.23. The standard InChI is InChI=1S/C58H97NO7/c1-6-8-10-12-14-16-18-20-22-24-26-28-29-31-32-34-36-38-40-42-44-46-48-56(60)65-53-54(52-64-51-50-55(58(62)63)59(3,4)5)66-57(61)49-47-45-43-41-39-37-35-33-30-27-25-23-21-19-17-15-13-11-9-7-2/h8-11,14-17,20-23,26-28,30,54-55H,6-7,12-13,18-19,24-25,29,31-53H2,1-5H3/b10-8+,11-9+,16-14+,17-15+,22-20+,23-21+,28-26+,30-27+. The van der Waals surface area contributed by atoms with Crippen molar-refractivity contribution in [1.82, 2.24) is 0 Å². The van der Waals surface area contributed by atoms with Crippen LogP contribution in [0.4, 0.5) is 0 Å². The molecule has 8 nitrogen and oxygen atoms in total. The van der Waals surface area contributed by atoms with Crippen LogP contribution in [0.1, 0.15) is 200 Å². The molecule has 0 bridgehead atoms. The third-order valence-electron chi connectivity index (χ3n) is 11.2. The lowest BCUT2D eigenvalue weighted by Gasteiger charge is -2.34. The molecular weight excluding hydrogens is 823 g/mol. The van der Waals surface area contributed by atoms with E-state index in [1.807, 2.05) is 0 Å². The molecular formula is C58H97NO7. The minimum Gasteiger partial charge on any atom is -0.544 e. The molecule has 0 aliphatic heterocycles. The van der Waals surface area contributed by atoms with Gasteiger partial charge in [0.1, 0.15) is 12.6 Å². The molecule has 2 atom stereocenters. The zero-order valence-corrected chi connectivity index (χ0v) is 42.8. The Balaban J connectivity index is 4.27. The average molecular weight is 920 g/mol. The summed E-state index contributed by atoms with van der Waals surface area (Å²) in [5.74, 6) is -1.76. The molecule has 0 amide bonds. The summed E-state index contributed by atoms with van der Waals surface area (Å²) >= 11 is 0. The monoisotopic (exact) mass is 920 g/mol. The zero-order chi connectivity index (χ0) is 48.4. The van der Waals surface area contributed by atoms with Crippen LogP contribution in [0.5, 0.6) is 0 Å². The van der Waals surface area contributed by atoms with E-state index in [-0.39, 0.29) is 42.7 Å². The number of carboxylic acids is 1. The third-order valence-corrected chi connectivity index (χ3v) is 11.2. The van der Waals surface area contributed by atoms with Crippen LogP contribution in [-0.4, -0.2) is 75.5 Å². The molecule has 0 fully saturated rings. The van der Waals surface area contributed by atoms with Gasteiger partial charge >= 0.3 is 11.9 Å². The molecule has 2 unspecified atom stereocenters. The minimum absolute atomic E-state index is 0.0290. The quantitative estimate of drug-likeness (QED) is 0.0259. The largest absolute Gasteiger partial charge is 0.544 e. The number of carbonyl (C=O) groups is 3. The van der Waals surface area contributed by atoms with Crippen LogP contribution in [-0.2, 0) is 28.6 Å². The van der Waals surface area contributed by atoms with E-state index in [1.54, 1.807) is 21.1 Å². The first kappa shape index (κ1) is 62.2. The summed E-state index contributed by atoms with van der Waals surface area (Å²) in [6, 6.07) is -0.735. The molecule has 0 rings (SSSR count). The number of hydrogen-bond acceptors (Lipinski definition) is 7. The van der Waals surface area contributed by atoms with Crippen LogP contribution in [0.2, 0.25) is 0 Å². The van der Waals surface area contributed by atoms with Crippen molar-refractivity contribution in [3.63, 3.8) is 0 Å². The highest BCUT2D eigenvalue weighted by Crippen LogP contribution is 2.14. The van der Waals surface area contributed by atoms with Gasteiger partial charge in [-0.15, -0.1) is 0 Å². The van der Waals surface area contributed by atoms with E-state index in [1.165, 1.54) is 57.8 Å². The fourth-order valence-corrected chi connectivity index (χ4v) is 7.23. The van der Waals surface area contributed by atoms with Crippen LogP contribution in [0.25, 0.3) is 0 Å². The molecule has 0 radical (unpaired) electrons. The average Bonchev–Trinajstić information content (AvgIpc) is 3.28. The molecule has 0 N–H and O–H groups in total. The number of aliphatic carboxylic acids is 1. The molecule has 0 aliphatic carbocycles. The van der Waals surface area contributed by atoms with Crippen LogP contribution in [0.3, 0.4) is 0 Å². The predicted molar refractivity (Wildman–Crippen MR) is 277 cm³/mol. The molecule has 0 spiro atoms. The van der Waals surface area contributed by atoms with Gasteiger partial charge in [0.2, 0.25) is 0 Å². The summed E-state index contributed by atoms with van der Waals surface area (Å²) in [7, 11) is 5.40. The van der Waals surface area contributed by atoms with Gasteiger partial charge in [0.25, 0.3) is 0 Å². The van der Waals surface area contributed by atoms with Gasteiger partial charge in [-0.2, -0.15) is 0 Å². The van der Waals surface area contributed by atoms with Gasteiger partial charge in [-0.25, -0.2) is 0 Å². The Morgan fingerprint density at radius 3 is 1.18 bits per heavy atom. The summed E-state index contributed by atoms with van der Waals surface area (Å²) < 4.78 is 17.2. The van der Waals surface area contributed by atoms with Crippen molar-refractivity contribution in [1.29, 1.82) is 0 Å². The molecule has 376 valence electrons. The summed E-state index contributed by atoms with van der Waals surface area (Å²) in [5.41, 5.74) is 0. The molecule has 66 heavy (non-hydrogen) atoms. The SMILES string of the molecule is CC/C=C/C/C=C/C/C=C/C/C=C/CCCCCCCCCCCC(=O)OCC(COCCC(C(=O)[O-])[N+](C)(C)C)OC(=O)CCCCCCCCC/C=C/C/C=C/C/C=C/C/C=C/CC. The minimum atomic E-state index is -1.13. The Labute approximate surface area is 405 Å². The van der Waals surface area contributed by atoms with E-state index in [2.05, 4.69) is 111 Å². The fraction of sp³-hybridized carbons (Fsp3) is 0.672. The van der Waals surface area contributed by atoms with Crippen molar-refractivity contribution < 1.29 is 38.2 Å². The number of likely N-dealkylation sites (N-methyl/N-ethyl adjacent to an activating group) is 1. The number of nitrogens with zero attached hydrogens (tertiary/aromatic N) is 1. The van der Waals surface area contributed by atoms with Gasteiger partial charge in [-0.3, -0.25) is 9.59 Å². The number of carbonyl (C=O) groups excluding carboxylic acids is 3. The molecule has 8 heteroatoms. The normalized spacial score (nSPS) is 13.7. The highest BCUT2D eigenvalue weighted by atomic mass is 16.6. The van der Waals surface area contributed by atoms with Crippen LogP contribution in [0.15, 0.2) is 97.2 Å². The number of quaternary nitrogens is 1. The van der Waals surface area contributed by atoms with Crippen LogP contribution in [0, 0.1) is 0 Å². The van der Waals surface area contributed by atoms with Gasteiger partial charge < -0.3 is 28.6 Å². The van der Waals surface area contributed by atoms with Gasteiger partial charge in [-0.05, 0) is 89.9 Å². The number of rotatable bonds is 46. The third kappa shape index (κ3) is 45.4. The number of hydrogen-bond donors (Lipinski definition) is 0. The first-order chi connectivity index (χ1) is 32.1. The Kier molecular flexibility index (Phi) is 45.0. The van der Waals surface area contributed by atoms with E-state index >= 15 is 0 Å². The summed E-state index contributed by atoms with van der Waals surface area (Å²) in [6.45, 7) is 4.42. The summed E-state index contributed by atoms with van der Waals surface area (Å²) in [4.78, 5) is 37.1. The topological polar surface area (TPSA) is 102 Å². The highest BCUT2D eigenvalue weighted by molar-refractivity contribution is 5.70. The van der Waals surface area contributed by atoms with Crippen molar-refractivity contribution in [2.45, 2.75) is 212 Å². The first-order valence-electron chi connectivity index (χ1n) is 26.3. The second-order valence-corrected chi connectivity index (χ2v) is 18.3. The van der Waals surface area contributed by atoms with E-state index in [4.69, 9.17) is 14.2 Å². The molecule has 0 aromatic carbocycles. The molecule has 0 aromatic heterocycles. The van der Waals surface area contributed by atoms with E-state index in [0.717, 1.165) is 109 Å². The maximum atomic E-state index is 12.8. The number of esters is 2. The first-order valence-corrected chi connectivity index (χ1v) is 26.3. The second kappa shape index (κ2) is 47.7. The molecule has 0 aliphatic rings. The maximum absolute atomic E-state index is 12.8. The van der Waals surface area contributed by atoms with Gasteiger partial charge in [0, 0.05) is 19.3 Å². The molecule has 0 saturated heterocycles. The summed E-state index contributed by atoms with van der Waals surface area (Å²) in [5, 5.41) is 11.7. The second-order valence-electron chi connectivity index (χ2n) is 18.3. The van der Waals surface area contributed by atoms with Gasteiger partial charge in [0.05, 0.1) is 40.3 Å². The molecule has 0 saturated carbocycles. The van der Waals surface area contributed by atoms with Crippen molar-refractivity contribution in [2.24, 2.45) is 0 Å².